The van der Waals surface area contributed by atoms with Gasteiger partial charge < -0.3 is 9.80 Å². The molecule has 3 fully saturated rings. The van der Waals surface area contributed by atoms with Gasteiger partial charge in [0.25, 0.3) is 0 Å². The lowest BCUT2D eigenvalue weighted by atomic mass is 9.93. The average Bonchev–Trinajstić information content (AvgIpc) is 3.44. The van der Waals surface area contributed by atoms with Crippen LogP contribution in [0.3, 0.4) is 0 Å². The molecule has 1 saturated carbocycles. The second-order valence-electron chi connectivity index (χ2n) is 8.44. The lowest BCUT2D eigenvalue weighted by Crippen LogP contribution is -2.51. The number of hydrogen-bond acceptors (Lipinski definition) is 4. The molecule has 3 aliphatic rings. The van der Waals surface area contributed by atoms with Crippen LogP contribution in [0, 0.1) is 11.8 Å². The molecule has 5 nitrogen and oxygen atoms in total. The first-order valence-electron chi connectivity index (χ1n) is 10.4. The number of piperidine rings is 2. The van der Waals surface area contributed by atoms with Gasteiger partial charge in [0.05, 0.1) is 12.5 Å². The first kappa shape index (κ1) is 18.9. The number of amides is 2. The van der Waals surface area contributed by atoms with Crippen LogP contribution in [0.1, 0.15) is 43.4 Å². The molecule has 27 heavy (non-hydrogen) atoms. The Morgan fingerprint density at radius 3 is 2.56 bits per heavy atom. The molecule has 3 heterocycles. The van der Waals surface area contributed by atoms with E-state index < -0.39 is 0 Å². The topological polar surface area (TPSA) is 43.9 Å². The predicted octanol–water partition coefficient (Wildman–Crippen LogP) is 2.82. The van der Waals surface area contributed by atoms with Crippen LogP contribution in [0.2, 0.25) is 0 Å². The average molecular weight is 390 g/mol. The fraction of sp³-hybridized carbons (Fsp3) is 0.714. The first-order chi connectivity index (χ1) is 13.1. The van der Waals surface area contributed by atoms with Crippen molar-refractivity contribution in [2.24, 2.45) is 11.8 Å². The van der Waals surface area contributed by atoms with E-state index in [1.54, 1.807) is 11.3 Å². The maximum absolute atomic E-state index is 12.9. The molecule has 2 amide bonds. The largest absolute Gasteiger partial charge is 0.342 e. The fourth-order valence-corrected chi connectivity index (χ4v) is 5.36. The Labute approximate surface area is 166 Å². The summed E-state index contributed by atoms with van der Waals surface area (Å²) in [4.78, 5) is 32.9. The Kier molecular flexibility index (Phi) is 5.83. The van der Waals surface area contributed by atoms with Gasteiger partial charge in [-0.05, 0) is 56.5 Å². The third kappa shape index (κ3) is 4.54. The van der Waals surface area contributed by atoms with Crippen LogP contribution in [0.25, 0.3) is 0 Å². The summed E-state index contributed by atoms with van der Waals surface area (Å²) < 4.78 is 0. The lowest BCUT2D eigenvalue weighted by molar-refractivity contribution is -0.137. The van der Waals surface area contributed by atoms with Crippen molar-refractivity contribution in [3.05, 3.63) is 22.4 Å². The molecule has 4 rings (SSSR count). The van der Waals surface area contributed by atoms with Gasteiger partial charge in [0.2, 0.25) is 11.8 Å². The van der Waals surface area contributed by atoms with E-state index in [1.807, 2.05) is 18.0 Å². The van der Waals surface area contributed by atoms with Gasteiger partial charge >= 0.3 is 0 Å². The lowest BCUT2D eigenvalue weighted by Gasteiger charge is -2.42. The summed E-state index contributed by atoms with van der Waals surface area (Å²) in [5, 5.41) is 2.07. The third-order valence-corrected chi connectivity index (χ3v) is 7.23. The summed E-state index contributed by atoms with van der Waals surface area (Å²) in [6, 6.07) is 4.67. The smallest absolute Gasteiger partial charge is 0.227 e. The summed E-state index contributed by atoms with van der Waals surface area (Å²) in [5.74, 6) is 1.12. The fourth-order valence-electron chi connectivity index (χ4n) is 4.61. The van der Waals surface area contributed by atoms with E-state index >= 15 is 0 Å². The SMILES string of the molecule is CN(Cc1cccs1)C(=O)[C@H]1CCCN(C2CCN(C(=O)C3CC3)CC2)C1. The number of nitrogens with zero attached hydrogens (tertiary/aromatic N) is 3. The summed E-state index contributed by atoms with van der Waals surface area (Å²) in [5.41, 5.74) is 0. The Morgan fingerprint density at radius 1 is 1.11 bits per heavy atom. The molecule has 0 spiro atoms. The van der Waals surface area contributed by atoms with Gasteiger partial charge in [0, 0.05) is 43.5 Å². The van der Waals surface area contributed by atoms with Crippen molar-refractivity contribution in [3.8, 4) is 0 Å². The highest BCUT2D eigenvalue weighted by Gasteiger charge is 2.37. The number of thiophene rings is 1. The van der Waals surface area contributed by atoms with Gasteiger partial charge in [-0.3, -0.25) is 14.5 Å². The molecule has 0 unspecified atom stereocenters. The maximum atomic E-state index is 12.9. The predicted molar refractivity (Wildman–Crippen MR) is 107 cm³/mol. The van der Waals surface area contributed by atoms with Crippen LogP contribution < -0.4 is 0 Å². The van der Waals surface area contributed by atoms with Crippen LogP contribution >= 0.6 is 11.3 Å². The van der Waals surface area contributed by atoms with E-state index in [1.165, 1.54) is 4.88 Å². The van der Waals surface area contributed by atoms with E-state index in [0.29, 0.717) is 24.4 Å². The Balaban J connectivity index is 1.27. The van der Waals surface area contributed by atoms with Crippen LogP contribution in [-0.2, 0) is 16.1 Å². The first-order valence-corrected chi connectivity index (χ1v) is 11.3. The zero-order chi connectivity index (χ0) is 18.8. The molecular formula is C21H31N3O2S. The van der Waals surface area contributed by atoms with E-state index in [-0.39, 0.29) is 11.8 Å². The molecule has 2 aliphatic heterocycles. The molecule has 1 aromatic heterocycles. The standard InChI is InChI=1S/C21H31N3O2S/c1-22(15-19-5-3-13-27-19)20(25)17-4-2-10-24(14-17)18-8-11-23(12-9-18)21(26)16-6-7-16/h3,5,13,16-18H,2,4,6-12,14-15H2,1H3/t17-/m0/s1. The Hall–Kier alpha value is -1.40. The summed E-state index contributed by atoms with van der Waals surface area (Å²) in [7, 11) is 1.93. The quantitative estimate of drug-likeness (QED) is 0.778. The monoisotopic (exact) mass is 389 g/mol. The normalized spacial score (nSPS) is 24.8. The van der Waals surface area contributed by atoms with Crippen LogP contribution in [-0.4, -0.2) is 65.8 Å². The van der Waals surface area contributed by atoms with Gasteiger partial charge in [-0.15, -0.1) is 11.3 Å². The Morgan fingerprint density at radius 2 is 1.89 bits per heavy atom. The highest BCUT2D eigenvalue weighted by Crippen LogP contribution is 2.33. The van der Waals surface area contributed by atoms with Gasteiger partial charge in [-0.25, -0.2) is 0 Å². The van der Waals surface area contributed by atoms with Crippen LogP contribution in [0.5, 0.6) is 0 Å². The molecular weight excluding hydrogens is 358 g/mol. The minimum Gasteiger partial charge on any atom is -0.342 e. The van der Waals surface area contributed by atoms with Gasteiger partial charge in [0.1, 0.15) is 0 Å². The summed E-state index contributed by atoms with van der Waals surface area (Å²) in [6.45, 7) is 4.49. The minimum atomic E-state index is 0.120. The molecule has 0 radical (unpaired) electrons. The van der Waals surface area contributed by atoms with E-state index in [4.69, 9.17) is 0 Å². The summed E-state index contributed by atoms with van der Waals surface area (Å²) in [6.07, 6.45) is 6.41. The maximum Gasteiger partial charge on any atom is 0.227 e. The van der Waals surface area contributed by atoms with Crippen molar-refractivity contribution in [1.29, 1.82) is 0 Å². The second-order valence-corrected chi connectivity index (χ2v) is 9.47. The van der Waals surface area contributed by atoms with Gasteiger partial charge in [-0.2, -0.15) is 0 Å². The van der Waals surface area contributed by atoms with Crippen molar-refractivity contribution in [3.63, 3.8) is 0 Å². The van der Waals surface area contributed by atoms with Crippen molar-refractivity contribution >= 4 is 23.2 Å². The number of likely N-dealkylation sites (tertiary alicyclic amines) is 2. The number of rotatable bonds is 5. The van der Waals surface area contributed by atoms with E-state index in [0.717, 1.165) is 64.7 Å². The molecule has 1 aromatic rings. The minimum absolute atomic E-state index is 0.120. The zero-order valence-electron chi connectivity index (χ0n) is 16.3. The molecule has 6 heteroatoms. The van der Waals surface area contributed by atoms with E-state index in [9.17, 15) is 9.59 Å². The third-order valence-electron chi connectivity index (χ3n) is 6.37. The van der Waals surface area contributed by atoms with Gasteiger partial charge in [-0.1, -0.05) is 6.07 Å². The zero-order valence-corrected chi connectivity index (χ0v) is 17.1. The van der Waals surface area contributed by atoms with Crippen LogP contribution in [0.15, 0.2) is 17.5 Å². The molecule has 0 bridgehead atoms. The van der Waals surface area contributed by atoms with Crippen LogP contribution in [0.4, 0.5) is 0 Å². The number of carbonyl (C=O) groups excluding carboxylic acids is 2. The molecule has 2 saturated heterocycles. The molecule has 1 atom stereocenters. The molecule has 0 aromatic carbocycles. The number of hydrogen-bond donors (Lipinski definition) is 0. The summed E-state index contributed by atoms with van der Waals surface area (Å²) >= 11 is 1.71. The highest BCUT2D eigenvalue weighted by atomic mass is 32.1. The van der Waals surface area contributed by atoms with Crippen molar-refractivity contribution in [1.82, 2.24) is 14.7 Å². The van der Waals surface area contributed by atoms with Crippen molar-refractivity contribution in [2.75, 3.05) is 33.2 Å². The van der Waals surface area contributed by atoms with Gasteiger partial charge in [0.15, 0.2) is 0 Å². The molecule has 1 aliphatic carbocycles. The Bertz CT molecular complexity index is 650. The van der Waals surface area contributed by atoms with Crippen molar-refractivity contribution in [2.45, 2.75) is 51.1 Å². The van der Waals surface area contributed by atoms with Crippen molar-refractivity contribution < 1.29 is 9.59 Å². The molecule has 148 valence electrons. The highest BCUT2D eigenvalue weighted by molar-refractivity contribution is 7.09. The van der Waals surface area contributed by atoms with E-state index in [2.05, 4.69) is 21.2 Å². The molecule has 0 N–H and O–H groups in total. The number of carbonyl (C=O) groups is 2. The second kappa shape index (κ2) is 8.31.